The molecule has 7 nitrogen and oxygen atoms in total. The van der Waals surface area contributed by atoms with Gasteiger partial charge in [-0.25, -0.2) is 4.98 Å². The van der Waals surface area contributed by atoms with Crippen molar-refractivity contribution in [2.75, 3.05) is 24.5 Å². The highest BCUT2D eigenvalue weighted by Gasteiger charge is 2.24. The maximum absolute atomic E-state index is 12.7. The minimum Gasteiger partial charge on any atom is -0.342 e. The third kappa shape index (κ3) is 3.74. The molecule has 1 aromatic carbocycles. The van der Waals surface area contributed by atoms with E-state index in [1.165, 1.54) is 12.0 Å². The largest absolute Gasteiger partial charge is 0.342 e. The Morgan fingerprint density at radius 3 is 2.90 bits per heavy atom. The maximum atomic E-state index is 12.7. The van der Waals surface area contributed by atoms with Gasteiger partial charge in [0.2, 0.25) is 5.95 Å². The van der Waals surface area contributed by atoms with E-state index in [1.54, 1.807) is 12.4 Å². The number of nitrogens with zero attached hydrogens (tertiary/aromatic N) is 5. The van der Waals surface area contributed by atoms with E-state index in [0.29, 0.717) is 12.5 Å². The van der Waals surface area contributed by atoms with Gasteiger partial charge in [0.05, 0.1) is 16.7 Å². The molecule has 150 valence electrons. The van der Waals surface area contributed by atoms with Crippen molar-refractivity contribution in [1.29, 1.82) is 0 Å². The van der Waals surface area contributed by atoms with Crippen LogP contribution in [0, 0.1) is 5.92 Å². The summed E-state index contributed by atoms with van der Waals surface area (Å²) in [6, 6.07) is 6.23. The first-order chi connectivity index (χ1) is 14.2. The zero-order valence-electron chi connectivity index (χ0n) is 16.8. The molecule has 0 spiro atoms. The lowest BCUT2D eigenvalue weighted by atomic mass is 10.0. The summed E-state index contributed by atoms with van der Waals surface area (Å²) in [5.41, 5.74) is 4.83. The van der Waals surface area contributed by atoms with E-state index < -0.39 is 0 Å². The van der Waals surface area contributed by atoms with E-state index in [0.717, 1.165) is 67.3 Å². The van der Waals surface area contributed by atoms with Crippen LogP contribution in [0.2, 0.25) is 0 Å². The second-order valence-electron chi connectivity index (χ2n) is 8.35. The molecule has 7 heteroatoms. The van der Waals surface area contributed by atoms with Crippen LogP contribution in [0.25, 0.3) is 11.0 Å². The summed E-state index contributed by atoms with van der Waals surface area (Å²) in [4.78, 5) is 33.9. The van der Waals surface area contributed by atoms with Gasteiger partial charge in [-0.05, 0) is 42.9 Å². The van der Waals surface area contributed by atoms with Gasteiger partial charge in [0.25, 0.3) is 5.56 Å². The minimum atomic E-state index is 0.0313. The van der Waals surface area contributed by atoms with Crippen molar-refractivity contribution in [3.63, 3.8) is 0 Å². The number of hydrogen-bond acceptors (Lipinski definition) is 6. The highest BCUT2D eigenvalue weighted by molar-refractivity contribution is 5.74. The minimum absolute atomic E-state index is 0.0313. The molecule has 3 aromatic rings. The predicted octanol–water partition coefficient (Wildman–Crippen LogP) is 2.51. The molecule has 0 radical (unpaired) electrons. The first-order valence-corrected chi connectivity index (χ1v) is 10.4. The second kappa shape index (κ2) is 7.55. The Morgan fingerprint density at radius 1 is 1.17 bits per heavy atom. The molecule has 0 bridgehead atoms. The predicted molar refractivity (Wildman–Crippen MR) is 113 cm³/mol. The van der Waals surface area contributed by atoms with Gasteiger partial charge in [0, 0.05) is 50.7 Å². The quantitative estimate of drug-likeness (QED) is 0.740. The first-order valence-electron chi connectivity index (χ1n) is 10.4. The third-order valence-electron chi connectivity index (χ3n) is 6.04. The molecule has 1 N–H and O–H groups in total. The van der Waals surface area contributed by atoms with Crippen LogP contribution in [-0.4, -0.2) is 44.5 Å². The van der Waals surface area contributed by atoms with Crippen molar-refractivity contribution in [1.82, 2.24) is 24.8 Å². The Balaban J connectivity index is 1.37. The molecule has 2 aliphatic heterocycles. The number of H-pyrrole nitrogens is 1. The van der Waals surface area contributed by atoms with Crippen LogP contribution in [0.3, 0.4) is 0 Å². The highest BCUT2D eigenvalue weighted by Crippen LogP contribution is 2.23. The Labute approximate surface area is 169 Å². The fourth-order valence-corrected chi connectivity index (χ4v) is 4.51. The second-order valence-corrected chi connectivity index (χ2v) is 8.35. The van der Waals surface area contributed by atoms with Crippen molar-refractivity contribution in [3.05, 3.63) is 57.8 Å². The van der Waals surface area contributed by atoms with E-state index in [2.05, 4.69) is 43.8 Å². The molecule has 0 saturated carbocycles. The van der Waals surface area contributed by atoms with Crippen LogP contribution < -0.4 is 10.5 Å². The van der Waals surface area contributed by atoms with Crippen molar-refractivity contribution >= 4 is 17.0 Å². The summed E-state index contributed by atoms with van der Waals surface area (Å²) in [7, 11) is 0. The average molecular weight is 390 g/mol. The standard InChI is InChI=1S/C22H26N6O/c1-15-3-2-9-28(12-15)22-25-20-14-27(10-6-17(20)21(29)26-22)13-16-4-5-18-19(11-16)24-8-7-23-18/h4-5,7-8,11,15H,2-3,6,9-10,12-14H2,1H3,(H,25,26,29). The molecule has 5 rings (SSSR count). The third-order valence-corrected chi connectivity index (χ3v) is 6.04. The van der Waals surface area contributed by atoms with Crippen LogP contribution in [0.15, 0.2) is 35.4 Å². The number of nitrogens with one attached hydrogen (secondary N) is 1. The van der Waals surface area contributed by atoms with E-state index >= 15 is 0 Å². The Kier molecular flexibility index (Phi) is 4.75. The van der Waals surface area contributed by atoms with Crippen molar-refractivity contribution in [2.45, 2.75) is 39.3 Å². The number of anilines is 1. The summed E-state index contributed by atoms with van der Waals surface area (Å²) < 4.78 is 0. The van der Waals surface area contributed by atoms with Gasteiger partial charge >= 0.3 is 0 Å². The van der Waals surface area contributed by atoms with Crippen LogP contribution >= 0.6 is 0 Å². The molecule has 1 atom stereocenters. The van der Waals surface area contributed by atoms with Gasteiger partial charge < -0.3 is 4.90 Å². The number of rotatable bonds is 3. The normalized spacial score (nSPS) is 20.0. The van der Waals surface area contributed by atoms with E-state index in [4.69, 9.17) is 4.98 Å². The number of piperidine rings is 1. The summed E-state index contributed by atoms with van der Waals surface area (Å²) in [5, 5.41) is 0. The van der Waals surface area contributed by atoms with Crippen LogP contribution in [0.4, 0.5) is 5.95 Å². The van der Waals surface area contributed by atoms with Gasteiger partial charge in [-0.15, -0.1) is 0 Å². The van der Waals surface area contributed by atoms with Crippen LogP contribution in [-0.2, 0) is 19.5 Å². The molecule has 2 aromatic heterocycles. The summed E-state index contributed by atoms with van der Waals surface area (Å²) >= 11 is 0. The smallest absolute Gasteiger partial charge is 0.255 e. The Hall–Kier alpha value is -2.80. The Morgan fingerprint density at radius 2 is 2.03 bits per heavy atom. The zero-order chi connectivity index (χ0) is 19.8. The number of aromatic amines is 1. The SMILES string of the molecule is CC1CCCN(c2nc3c(c(=O)[nH]2)CCN(Cc2ccc4nccnc4c2)C3)C1. The van der Waals surface area contributed by atoms with Gasteiger partial charge in [0.1, 0.15) is 0 Å². The van der Waals surface area contributed by atoms with Crippen LogP contribution in [0.1, 0.15) is 36.6 Å². The molecule has 29 heavy (non-hydrogen) atoms. The Bertz CT molecular complexity index is 1090. The fourth-order valence-electron chi connectivity index (χ4n) is 4.51. The molecule has 1 unspecified atom stereocenters. The van der Waals surface area contributed by atoms with Crippen molar-refractivity contribution < 1.29 is 0 Å². The lowest BCUT2D eigenvalue weighted by Gasteiger charge is -2.33. The summed E-state index contributed by atoms with van der Waals surface area (Å²) in [6.07, 6.45) is 6.58. The lowest BCUT2D eigenvalue weighted by Crippen LogP contribution is -2.39. The average Bonchev–Trinajstić information content (AvgIpc) is 2.73. The molecule has 0 aliphatic carbocycles. The highest BCUT2D eigenvalue weighted by atomic mass is 16.1. The summed E-state index contributed by atoms with van der Waals surface area (Å²) in [5.74, 6) is 1.38. The van der Waals surface area contributed by atoms with E-state index in [9.17, 15) is 4.79 Å². The number of fused-ring (bicyclic) bond motifs is 2. The van der Waals surface area contributed by atoms with Crippen LogP contribution in [0.5, 0.6) is 0 Å². The number of benzene rings is 1. The van der Waals surface area contributed by atoms with Gasteiger partial charge in [-0.3, -0.25) is 24.6 Å². The van der Waals surface area contributed by atoms with Gasteiger partial charge in [-0.2, -0.15) is 0 Å². The molecular weight excluding hydrogens is 364 g/mol. The van der Waals surface area contributed by atoms with Gasteiger partial charge in [-0.1, -0.05) is 13.0 Å². The van der Waals surface area contributed by atoms with Crippen molar-refractivity contribution in [3.8, 4) is 0 Å². The first kappa shape index (κ1) is 18.2. The van der Waals surface area contributed by atoms with E-state index in [1.807, 2.05) is 6.07 Å². The molecule has 0 amide bonds. The summed E-state index contributed by atoms with van der Waals surface area (Å²) in [6.45, 7) is 6.57. The molecule has 1 saturated heterocycles. The lowest BCUT2D eigenvalue weighted by molar-refractivity contribution is 0.240. The number of hydrogen-bond donors (Lipinski definition) is 1. The monoisotopic (exact) mass is 390 g/mol. The van der Waals surface area contributed by atoms with Crippen molar-refractivity contribution in [2.24, 2.45) is 5.92 Å². The molecular formula is C22H26N6O. The molecule has 4 heterocycles. The maximum Gasteiger partial charge on any atom is 0.255 e. The van der Waals surface area contributed by atoms with Gasteiger partial charge in [0.15, 0.2) is 0 Å². The molecule has 1 fully saturated rings. The van der Waals surface area contributed by atoms with E-state index in [-0.39, 0.29) is 5.56 Å². The zero-order valence-corrected chi connectivity index (χ0v) is 16.8. The number of aromatic nitrogens is 4. The fraction of sp³-hybridized carbons (Fsp3) is 0.455. The molecule has 2 aliphatic rings. The topological polar surface area (TPSA) is 78.0 Å².